The van der Waals surface area contributed by atoms with Gasteiger partial charge in [0, 0.05) is 26.1 Å². The highest BCUT2D eigenvalue weighted by Gasteiger charge is 2.16. The van der Waals surface area contributed by atoms with Crippen LogP contribution in [0.15, 0.2) is 18.2 Å². The highest BCUT2D eigenvalue weighted by Crippen LogP contribution is 2.17. The highest BCUT2D eigenvalue weighted by atomic mass is 16.2. The molecule has 0 atom stereocenters. The lowest BCUT2D eigenvalue weighted by molar-refractivity contribution is -0.132. The molecule has 2 aliphatic rings. The molecule has 3 heteroatoms. The molecule has 0 bridgehead atoms. The molecule has 1 N–H and O–H groups in total. The Kier molecular flexibility index (Phi) is 4.36. The van der Waals surface area contributed by atoms with E-state index in [0.29, 0.717) is 12.3 Å². The maximum atomic E-state index is 12.2. The van der Waals surface area contributed by atoms with Crippen LogP contribution >= 0.6 is 0 Å². The van der Waals surface area contributed by atoms with Crippen molar-refractivity contribution in [3.05, 3.63) is 34.9 Å². The van der Waals surface area contributed by atoms with Gasteiger partial charge in [-0.15, -0.1) is 0 Å². The van der Waals surface area contributed by atoms with Crippen LogP contribution in [0.3, 0.4) is 0 Å². The number of piperidine rings is 1. The Balaban J connectivity index is 1.56. The summed E-state index contributed by atoms with van der Waals surface area (Å²) in [7, 11) is 0. The second-order valence-electron chi connectivity index (χ2n) is 5.97. The van der Waals surface area contributed by atoms with Gasteiger partial charge >= 0.3 is 0 Å². The maximum Gasteiger partial charge on any atom is 0.222 e. The Hall–Kier alpha value is -1.35. The van der Waals surface area contributed by atoms with Crippen molar-refractivity contribution < 1.29 is 4.79 Å². The Morgan fingerprint density at radius 1 is 1.15 bits per heavy atom. The molecule has 2 aliphatic heterocycles. The average Bonchev–Trinajstić information content (AvgIpc) is 2.53. The van der Waals surface area contributed by atoms with Crippen LogP contribution in [0, 0.1) is 0 Å². The number of benzene rings is 1. The summed E-state index contributed by atoms with van der Waals surface area (Å²) in [5.74, 6) is 0.334. The summed E-state index contributed by atoms with van der Waals surface area (Å²) < 4.78 is 0. The van der Waals surface area contributed by atoms with Crippen molar-refractivity contribution in [1.29, 1.82) is 0 Å². The fourth-order valence-corrected chi connectivity index (χ4v) is 3.24. The number of rotatable bonds is 3. The number of aryl methyl sites for hydroxylation is 1. The van der Waals surface area contributed by atoms with Crippen molar-refractivity contribution in [2.24, 2.45) is 0 Å². The lowest BCUT2D eigenvalue weighted by atomic mass is 9.97. The van der Waals surface area contributed by atoms with Gasteiger partial charge in [-0.05, 0) is 55.3 Å². The third kappa shape index (κ3) is 3.21. The van der Waals surface area contributed by atoms with Crippen molar-refractivity contribution in [2.45, 2.75) is 45.1 Å². The second kappa shape index (κ2) is 6.40. The Morgan fingerprint density at radius 2 is 2.00 bits per heavy atom. The zero-order valence-electron chi connectivity index (χ0n) is 12.2. The number of likely N-dealkylation sites (tertiary alicyclic amines) is 1. The SMILES string of the molecule is O=C(CCc1ccc2c(c1)CNCC2)N1CCCCC1. The van der Waals surface area contributed by atoms with E-state index in [-0.39, 0.29) is 0 Å². The third-order valence-corrected chi connectivity index (χ3v) is 4.49. The molecule has 0 saturated carbocycles. The molecule has 3 rings (SSSR count). The first-order chi connectivity index (χ1) is 9.83. The van der Waals surface area contributed by atoms with Gasteiger partial charge in [0.1, 0.15) is 0 Å². The number of amides is 1. The summed E-state index contributed by atoms with van der Waals surface area (Å²) in [5.41, 5.74) is 4.19. The minimum absolute atomic E-state index is 0.334. The predicted molar refractivity (Wildman–Crippen MR) is 80.6 cm³/mol. The van der Waals surface area contributed by atoms with Crippen molar-refractivity contribution in [2.75, 3.05) is 19.6 Å². The van der Waals surface area contributed by atoms with Crippen molar-refractivity contribution in [1.82, 2.24) is 10.2 Å². The van der Waals surface area contributed by atoms with Gasteiger partial charge < -0.3 is 10.2 Å². The van der Waals surface area contributed by atoms with Gasteiger partial charge in [0.15, 0.2) is 0 Å². The van der Waals surface area contributed by atoms with Gasteiger partial charge in [-0.3, -0.25) is 4.79 Å². The normalized spacial score (nSPS) is 18.7. The van der Waals surface area contributed by atoms with Crippen LogP contribution < -0.4 is 5.32 Å². The van der Waals surface area contributed by atoms with Crippen molar-refractivity contribution in [3.63, 3.8) is 0 Å². The molecule has 1 aromatic carbocycles. The quantitative estimate of drug-likeness (QED) is 0.915. The third-order valence-electron chi connectivity index (χ3n) is 4.49. The summed E-state index contributed by atoms with van der Waals surface area (Å²) in [6.07, 6.45) is 6.30. The number of carbonyl (C=O) groups excluding carboxylic acids is 1. The minimum atomic E-state index is 0.334. The van der Waals surface area contributed by atoms with E-state index in [1.54, 1.807) is 0 Å². The molecule has 1 saturated heterocycles. The van der Waals surface area contributed by atoms with Crippen LogP contribution in [0.25, 0.3) is 0 Å². The zero-order valence-corrected chi connectivity index (χ0v) is 12.2. The summed E-state index contributed by atoms with van der Waals surface area (Å²) in [4.78, 5) is 14.2. The summed E-state index contributed by atoms with van der Waals surface area (Å²) in [5, 5.41) is 3.41. The molecule has 0 aliphatic carbocycles. The number of hydrogen-bond acceptors (Lipinski definition) is 2. The van der Waals surface area contributed by atoms with E-state index in [0.717, 1.165) is 39.0 Å². The first kappa shape index (κ1) is 13.6. The minimum Gasteiger partial charge on any atom is -0.343 e. The van der Waals surface area contributed by atoms with Gasteiger partial charge in [0.25, 0.3) is 0 Å². The van der Waals surface area contributed by atoms with Crippen LogP contribution in [0.5, 0.6) is 0 Å². The fourth-order valence-electron chi connectivity index (χ4n) is 3.24. The van der Waals surface area contributed by atoms with Crippen LogP contribution in [-0.4, -0.2) is 30.4 Å². The predicted octanol–water partition coefficient (Wildman–Crippen LogP) is 2.28. The fraction of sp³-hybridized carbons (Fsp3) is 0.588. The van der Waals surface area contributed by atoms with Crippen LogP contribution in [0.1, 0.15) is 42.4 Å². The van der Waals surface area contributed by atoms with E-state index in [9.17, 15) is 4.79 Å². The summed E-state index contributed by atoms with van der Waals surface area (Å²) >= 11 is 0. The molecular formula is C17H24N2O. The second-order valence-corrected chi connectivity index (χ2v) is 5.97. The molecule has 1 aromatic rings. The molecule has 108 valence electrons. The molecule has 1 amide bonds. The van der Waals surface area contributed by atoms with Crippen molar-refractivity contribution in [3.8, 4) is 0 Å². The van der Waals surface area contributed by atoms with Gasteiger partial charge in [-0.1, -0.05) is 18.2 Å². The number of nitrogens with zero attached hydrogens (tertiary/aromatic N) is 1. The largest absolute Gasteiger partial charge is 0.343 e. The lowest BCUT2D eigenvalue weighted by Gasteiger charge is -2.26. The molecule has 1 fully saturated rings. The zero-order chi connectivity index (χ0) is 13.8. The highest BCUT2D eigenvalue weighted by molar-refractivity contribution is 5.76. The maximum absolute atomic E-state index is 12.2. The lowest BCUT2D eigenvalue weighted by Crippen LogP contribution is -2.35. The van der Waals surface area contributed by atoms with E-state index in [2.05, 4.69) is 23.5 Å². The average molecular weight is 272 g/mol. The van der Waals surface area contributed by atoms with Crippen LogP contribution in [0.2, 0.25) is 0 Å². The molecule has 2 heterocycles. The topological polar surface area (TPSA) is 32.3 Å². The van der Waals surface area contributed by atoms with E-state index in [1.807, 2.05) is 4.90 Å². The number of carbonyl (C=O) groups is 1. The number of fused-ring (bicyclic) bond motifs is 1. The van der Waals surface area contributed by atoms with Crippen LogP contribution in [0.4, 0.5) is 0 Å². The number of hydrogen-bond donors (Lipinski definition) is 1. The smallest absolute Gasteiger partial charge is 0.222 e. The Morgan fingerprint density at radius 3 is 2.85 bits per heavy atom. The molecule has 0 aromatic heterocycles. The number of nitrogens with one attached hydrogen (secondary N) is 1. The van der Waals surface area contributed by atoms with Gasteiger partial charge in [0.2, 0.25) is 5.91 Å². The van der Waals surface area contributed by atoms with Crippen LogP contribution in [-0.2, 0) is 24.2 Å². The van der Waals surface area contributed by atoms with E-state index in [1.165, 1.54) is 36.0 Å². The molecule has 3 nitrogen and oxygen atoms in total. The molecule has 0 spiro atoms. The Bertz CT molecular complexity index is 478. The summed E-state index contributed by atoms with van der Waals surface area (Å²) in [6, 6.07) is 6.73. The Labute approximate surface area is 121 Å². The molecule has 20 heavy (non-hydrogen) atoms. The first-order valence-corrected chi connectivity index (χ1v) is 7.92. The molecule has 0 radical (unpaired) electrons. The first-order valence-electron chi connectivity index (χ1n) is 7.92. The monoisotopic (exact) mass is 272 g/mol. The molecular weight excluding hydrogens is 248 g/mol. The van der Waals surface area contributed by atoms with Gasteiger partial charge in [0.05, 0.1) is 0 Å². The van der Waals surface area contributed by atoms with Crippen molar-refractivity contribution >= 4 is 5.91 Å². The van der Waals surface area contributed by atoms with E-state index >= 15 is 0 Å². The van der Waals surface area contributed by atoms with Gasteiger partial charge in [-0.25, -0.2) is 0 Å². The summed E-state index contributed by atoms with van der Waals surface area (Å²) in [6.45, 7) is 3.99. The standard InChI is InChI=1S/C17H24N2O/c20-17(19-10-2-1-3-11-19)7-5-14-4-6-15-8-9-18-13-16(15)12-14/h4,6,12,18H,1-3,5,7-11,13H2. The van der Waals surface area contributed by atoms with E-state index < -0.39 is 0 Å². The van der Waals surface area contributed by atoms with Gasteiger partial charge in [-0.2, -0.15) is 0 Å². The molecule has 0 unspecified atom stereocenters. The van der Waals surface area contributed by atoms with E-state index in [4.69, 9.17) is 0 Å².